The van der Waals surface area contributed by atoms with E-state index in [0.29, 0.717) is 0 Å². The Morgan fingerprint density at radius 3 is 3.00 bits per heavy atom. The Morgan fingerprint density at radius 1 is 1.62 bits per heavy atom. The number of hydrogen-bond donors (Lipinski definition) is 1. The van der Waals surface area contributed by atoms with Crippen LogP contribution in [0.3, 0.4) is 0 Å². The van der Waals surface area contributed by atoms with Crippen molar-refractivity contribution in [2.24, 2.45) is 0 Å². The zero-order valence-corrected chi connectivity index (χ0v) is 5.44. The van der Waals surface area contributed by atoms with Gasteiger partial charge in [0.05, 0.1) is 2.74 Å². The van der Waals surface area contributed by atoms with Gasteiger partial charge in [0.1, 0.15) is 10.4 Å². The largest absolute Gasteiger partial charge is 0.382 e. The van der Waals surface area contributed by atoms with Gasteiger partial charge in [-0.2, -0.15) is 0 Å². The molecular formula is C4H4BrN3. The highest BCUT2D eigenvalue weighted by Gasteiger charge is 1.85. The molecule has 4 heteroatoms. The Hall–Kier alpha value is -0.640. The summed E-state index contributed by atoms with van der Waals surface area (Å²) in [5.74, 6) is -0.0202. The Balaban J connectivity index is 3.34. The number of nitrogen functional groups attached to an aromatic ring is 1. The molecule has 0 saturated carbocycles. The van der Waals surface area contributed by atoms with E-state index in [0.717, 1.165) is 0 Å². The number of nitrogens with zero attached hydrogens (tertiary/aromatic N) is 2. The van der Waals surface area contributed by atoms with Crippen LogP contribution in [0.25, 0.3) is 0 Å². The summed E-state index contributed by atoms with van der Waals surface area (Å²) in [4.78, 5) is 0. The highest BCUT2D eigenvalue weighted by molar-refractivity contribution is 9.10. The number of aromatic nitrogens is 2. The van der Waals surface area contributed by atoms with Crippen LogP contribution in [0.2, 0.25) is 0 Å². The van der Waals surface area contributed by atoms with Crippen LogP contribution in [-0.4, -0.2) is 10.2 Å². The van der Waals surface area contributed by atoms with Crippen molar-refractivity contribution in [1.29, 1.82) is 0 Å². The van der Waals surface area contributed by atoms with Gasteiger partial charge in [0.15, 0.2) is 0 Å². The predicted octanol–water partition coefficient (Wildman–Crippen LogP) is 0.821. The molecule has 0 fully saturated rings. The lowest BCUT2D eigenvalue weighted by Crippen LogP contribution is -1.90. The zero-order chi connectivity index (χ0) is 7.72. The van der Waals surface area contributed by atoms with Gasteiger partial charge in [-0.3, -0.25) is 0 Å². The van der Waals surface area contributed by atoms with Gasteiger partial charge >= 0.3 is 0 Å². The summed E-state index contributed by atoms with van der Waals surface area (Å²) in [6, 6.07) is -0.130. The van der Waals surface area contributed by atoms with Gasteiger partial charge in [-0.25, -0.2) is 0 Å². The minimum absolute atomic E-state index is 0.0202. The van der Waals surface area contributed by atoms with Gasteiger partial charge in [0, 0.05) is 0 Å². The maximum atomic E-state index is 7.17. The number of nitrogens with two attached hydrogens (primary N) is 1. The van der Waals surface area contributed by atoms with Gasteiger partial charge in [0.25, 0.3) is 0 Å². The number of rotatable bonds is 0. The molecular weight excluding hydrogens is 170 g/mol. The maximum Gasteiger partial charge on any atom is 0.146 e. The first-order valence-electron chi connectivity index (χ1n) is 2.87. The zero-order valence-electron chi connectivity index (χ0n) is 5.85. The smallest absolute Gasteiger partial charge is 0.146 e. The molecule has 0 aliphatic heterocycles. The van der Waals surface area contributed by atoms with Crippen molar-refractivity contribution < 1.29 is 2.74 Å². The molecule has 0 spiro atoms. The third-order valence-corrected chi connectivity index (χ3v) is 0.896. The molecule has 0 unspecified atom stereocenters. The predicted molar refractivity (Wildman–Crippen MR) is 34.1 cm³/mol. The molecule has 1 aromatic heterocycles. The van der Waals surface area contributed by atoms with E-state index in [-0.39, 0.29) is 22.5 Å². The van der Waals surface area contributed by atoms with E-state index in [9.17, 15) is 0 Å². The van der Waals surface area contributed by atoms with Gasteiger partial charge in [-0.15, -0.1) is 10.2 Å². The summed E-state index contributed by atoms with van der Waals surface area (Å²) in [6.07, 6.45) is 0. The molecule has 1 heterocycles. The normalized spacial score (nSPS) is 12.6. The number of halogens is 1. The van der Waals surface area contributed by atoms with Gasteiger partial charge in [-0.05, 0) is 28.0 Å². The second kappa shape index (κ2) is 2.09. The average Bonchev–Trinajstić information content (AvgIpc) is 1.93. The van der Waals surface area contributed by atoms with Crippen molar-refractivity contribution in [3.63, 3.8) is 0 Å². The van der Waals surface area contributed by atoms with E-state index in [1.54, 1.807) is 0 Å². The topological polar surface area (TPSA) is 51.8 Å². The monoisotopic (exact) mass is 175 g/mol. The van der Waals surface area contributed by atoms with E-state index in [4.69, 9.17) is 8.48 Å². The fourth-order valence-electron chi connectivity index (χ4n) is 0.263. The van der Waals surface area contributed by atoms with Gasteiger partial charge < -0.3 is 5.73 Å². The van der Waals surface area contributed by atoms with E-state index in [1.165, 1.54) is 0 Å². The van der Waals surface area contributed by atoms with Crippen LogP contribution in [0, 0.1) is 0 Å². The van der Waals surface area contributed by atoms with Crippen molar-refractivity contribution in [3.8, 4) is 0 Å². The maximum absolute atomic E-state index is 7.17. The lowest BCUT2D eigenvalue weighted by Gasteiger charge is -1.86. The van der Waals surface area contributed by atoms with Crippen LogP contribution in [0.1, 0.15) is 2.74 Å². The lowest BCUT2D eigenvalue weighted by molar-refractivity contribution is 1.02. The minimum atomic E-state index is -0.0955. The number of hydrogen-bond acceptors (Lipinski definition) is 3. The first-order chi connectivity index (χ1) is 4.63. The molecule has 1 aromatic rings. The fourth-order valence-corrected chi connectivity index (χ4v) is 0.442. The second-order valence-electron chi connectivity index (χ2n) is 1.13. The van der Waals surface area contributed by atoms with Crippen molar-refractivity contribution >= 4 is 21.7 Å². The summed E-state index contributed by atoms with van der Waals surface area (Å²) in [7, 11) is 0. The summed E-state index contributed by atoms with van der Waals surface area (Å²) in [6.45, 7) is 0. The van der Waals surface area contributed by atoms with Crippen LogP contribution in [-0.2, 0) is 0 Å². The van der Waals surface area contributed by atoms with E-state index in [2.05, 4.69) is 26.1 Å². The fraction of sp³-hybridized carbons (Fsp3) is 0. The second-order valence-corrected chi connectivity index (χ2v) is 1.88. The van der Waals surface area contributed by atoms with Crippen molar-refractivity contribution in [1.82, 2.24) is 10.2 Å². The van der Waals surface area contributed by atoms with Crippen LogP contribution < -0.4 is 5.73 Å². The summed E-state index contributed by atoms with van der Waals surface area (Å²) < 4.78 is 14.6. The van der Waals surface area contributed by atoms with Crippen molar-refractivity contribution in [3.05, 3.63) is 16.7 Å². The molecule has 0 radical (unpaired) electrons. The van der Waals surface area contributed by atoms with E-state index >= 15 is 0 Å². The highest BCUT2D eigenvalue weighted by atomic mass is 79.9. The Bertz CT molecular complexity index is 238. The van der Waals surface area contributed by atoms with Crippen LogP contribution in [0.5, 0.6) is 0 Å². The first kappa shape index (κ1) is 3.40. The van der Waals surface area contributed by atoms with Crippen LogP contribution in [0.15, 0.2) is 16.7 Å². The standard InChI is InChI=1S/C4H4BrN3/c5-3-1-2-4(6)8-7-3/h1-2H,(H2,6,8)/i1D,2D. The quantitative estimate of drug-likeness (QED) is 0.636. The summed E-state index contributed by atoms with van der Waals surface area (Å²) in [5, 5.41) is 6.89. The summed E-state index contributed by atoms with van der Waals surface area (Å²) in [5.41, 5.74) is 5.19. The van der Waals surface area contributed by atoms with Crippen LogP contribution >= 0.6 is 15.9 Å². The van der Waals surface area contributed by atoms with E-state index in [1.807, 2.05) is 0 Å². The molecule has 2 N–H and O–H groups in total. The van der Waals surface area contributed by atoms with Gasteiger partial charge in [0.2, 0.25) is 0 Å². The van der Waals surface area contributed by atoms with Crippen molar-refractivity contribution in [2.75, 3.05) is 5.73 Å². The molecule has 0 aromatic carbocycles. The van der Waals surface area contributed by atoms with Gasteiger partial charge in [-0.1, -0.05) is 0 Å². The third kappa shape index (κ3) is 1.16. The molecule has 0 bridgehead atoms. The SMILES string of the molecule is [2H]c1c(N)nnc(Br)c1[2H]. The Kier molecular flexibility index (Phi) is 0.886. The molecule has 0 aliphatic rings. The molecule has 1 rings (SSSR count). The summed E-state index contributed by atoms with van der Waals surface area (Å²) >= 11 is 2.94. The lowest BCUT2D eigenvalue weighted by atomic mass is 10.6. The highest BCUT2D eigenvalue weighted by Crippen LogP contribution is 2.02. The average molecular weight is 176 g/mol. The minimum Gasteiger partial charge on any atom is -0.382 e. The molecule has 8 heavy (non-hydrogen) atoms. The van der Waals surface area contributed by atoms with Crippen LogP contribution in [0.4, 0.5) is 5.82 Å². The van der Waals surface area contributed by atoms with Crippen molar-refractivity contribution in [2.45, 2.75) is 0 Å². The molecule has 0 atom stereocenters. The molecule has 3 nitrogen and oxygen atoms in total. The molecule has 0 saturated heterocycles. The molecule has 0 amide bonds. The third-order valence-electron chi connectivity index (χ3n) is 0.539. The van der Waals surface area contributed by atoms with E-state index < -0.39 is 0 Å². The first-order valence-corrected chi connectivity index (χ1v) is 2.67. The Morgan fingerprint density at radius 2 is 2.38 bits per heavy atom. The molecule has 0 aliphatic carbocycles. The number of anilines is 1. The molecule has 42 valence electrons. The Labute approximate surface area is 57.9 Å².